The van der Waals surface area contributed by atoms with Gasteiger partial charge < -0.3 is 11.1 Å². The lowest BCUT2D eigenvalue weighted by molar-refractivity contribution is 0.629. The molecule has 0 atom stereocenters. The largest absolute Gasteiger partial charge is 0.370 e. The summed E-state index contributed by atoms with van der Waals surface area (Å²) in [4.78, 5) is 4.20. The maximum atomic E-state index is 13.1. The fraction of sp³-hybridized carbons (Fsp3) is 0.250. The second kappa shape index (κ2) is 6.37. The SMILES string of the molecule is Cl.NCCCNc1nccc2ccc(F)cc12. The Kier molecular flexibility index (Phi) is 5.12. The van der Waals surface area contributed by atoms with Crippen LogP contribution in [0.25, 0.3) is 10.8 Å². The minimum absolute atomic E-state index is 0. The third kappa shape index (κ3) is 3.28. The van der Waals surface area contributed by atoms with Crippen LogP contribution in [0.15, 0.2) is 30.5 Å². The van der Waals surface area contributed by atoms with Gasteiger partial charge in [0, 0.05) is 18.1 Å². The Morgan fingerprint density at radius 1 is 1.29 bits per heavy atom. The average molecular weight is 256 g/mol. The van der Waals surface area contributed by atoms with Gasteiger partial charge in [0.05, 0.1) is 0 Å². The van der Waals surface area contributed by atoms with Crippen LogP contribution in [0.4, 0.5) is 10.2 Å². The van der Waals surface area contributed by atoms with Gasteiger partial charge in [-0.05, 0) is 36.6 Å². The zero-order chi connectivity index (χ0) is 11.4. The standard InChI is InChI=1S/C12H14FN3.ClH/c13-10-3-2-9-4-7-16-12(11(9)8-10)15-6-1-5-14;/h2-4,7-8H,1,5-6,14H2,(H,15,16);1H. The smallest absolute Gasteiger partial charge is 0.133 e. The van der Waals surface area contributed by atoms with E-state index in [1.807, 2.05) is 6.07 Å². The number of nitrogens with one attached hydrogen (secondary N) is 1. The van der Waals surface area contributed by atoms with Crippen LogP contribution in [0.1, 0.15) is 6.42 Å². The number of rotatable bonds is 4. The zero-order valence-electron chi connectivity index (χ0n) is 9.32. The van der Waals surface area contributed by atoms with Gasteiger partial charge in [0.25, 0.3) is 0 Å². The van der Waals surface area contributed by atoms with Gasteiger partial charge in [-0.2, -0.15) is 0 Å². The molecule has 1 heterocycles. The average Bonchev–Trinajstić information content (AvgIpc) is 2.30. The van der Waals surface area contributed by atoms with Crippen LogP contribution >= 0.6 is 12.4 Å². The second-order valence-corrected chi connectivity index (χ2v) is 3.59. The molecule has 2 aromatic rings. The molecule has 0 saturated heterocycles. The third-order valence-electron chi connectivity index (χ3n) is 2.40. The molecule has 0 spiro atoms. The molecule has 3 nitrogen and oxygen atoms in total. The van der Waals surface area contributed by atoms with Gasteiger partial charge in [0.1, 0.15) is 11.6 Å². The zero-order valence-corrected chi connectivity index (χ0v) is 10.1. The summed E-state index contributed by atoms with van der Waals surface area (Å²) in [5.41, 5.74) is 5.41. The Hall–Kier alpha value is -1.39. The first-order chi connectivity index (χ1) is 7.81. The van der Waals surface area contributed by atoms with E-state index in [4.69, 9.17) is 5.73 Å². The first-order valence-electron chi connectivity index (χ1n) is 5.29. The monoisotopic (exact) mass is 255 g/mol. The molecule has 5 heteroatoms. The van der Waals surface area contributed by atoms with E-state index in [1.165, 1.54) is 12.1 Å². The van der Waals surface area contributed by atoms with Crippen molar-refractivity contribution >= 4 is 29.0 Å². The third-order valence-corrected chi connectivity index (χ3v) is 2.40. The van der Waals surface area contributed by atoms with E-state index in [9.17, 15) is 4.39 Å². The van der Waals surface area contributed by atoms with Crippen LogP contribution in [-0.4, -0.2) is 18.1 Å². The van der Waals surface area contributed by atoms with Crippen LogP contribution in [0.5, 0.6) is 0 Å². The van der Waals surface area contributed by atoms with Gasteiger partial charge in [-0.1, -0.05) is 6.07 Å². The molecule has 17 heavy (non-hydrogen) atoms. The quantitative estimate of drug-likeness (QED) is 0.826. The van der Waals surface area contributed by atoms with Gasteiger partial charge in [0.2, 0.25) is 0 Å². The van der Waals surface area contributed by atoms with Crippen molar-refractivity contribution in [3.63, 3.8) is 0 Å². The van der Waals surface area contributed by atoms with E-state index in [0.29, 0.717) is 12.4 Å². The molecule has 0 aliphatic carbocycles. The molecule has 1 aromatic heterocycles. The number of benzene rings is 1. The molecule has 0 aliphatic rings. The summed E-state index contributed by atoms with van der Waals surface area (Å²) in [5, 5.41) is 4.94. The van der Waals surface area contributed by atoms with Gasteiger partial charge in [-0.15, -0.1) is 12.4 Å². The first kappa shape index (κ1) is 13.7. The number of nitrogens with two attached hydrogens (primary N) is 1. The van der Waals surface area contributed by atoms with Crippen molar-refractivity contribution < 1.29 is 4.39 Å². The van der Waals surface area contributed by atoms with Gasteiger partial charge in [-0.25, -0.2) is 9.37 Å². The van der Waals surface area contributed by atoms with Crippen LogP contribution in [-0.2, 0) is 0 Å². The summed E-state index contributed by atoms with van der Waals surface area (Å²) in [6.45, 7) is 1.38. The lowest BCUT2D eigenvalue weighted by atomic mass is 10.1. The molecule has 3 N–H and O–H groups in total. The van der Waals surface area contributed by atoms with E-state index in [1.54, 1.807) is 12.3 Å². The molecule has 0 bridgehead atoms. The van der Waals surface area contributed by atoms with E-state index < -0.39 is 0 Å². The van der Waals surface area contributed by atoms with Crippen molar-refractivity contribution in [3.05, 3.63) is 36.3 Å². The van der Waals surface area contributed by atoms with Gasteiger partial charge in [0.15, 0.2) is 0 Å². The molecule has 0 fully saturated rings. The molecule has 1 aromatic carbocycles. The Morgan fingerprint density at radius 3 is 2.88 bits per heavy atom. The summed E-state index contributed by atoms with van der Waals surface area (Å²) in [6.07, 6.45) is 2.58. The molecular weight excluding hydrogens is 241 g/mol. The number of pyridine rings is 1. The van der Waals surface area contributed by atoms with E-state index >= 15 is 0 Å². The number of fused-ring (bicyclic) bond motifs is 1. The van der Waals surface area contributed by atoms with Crippen LogP contribution in [0.3, 0.4) is 0 Å². The Bertz CT molecular complexity index is 490. The Morgan fingerprint density at radius 2 is 2.12 bits per heavy atom. The highest BCUT2D eigenvalue weighted by Gasteiger charge is 2.02. The van der Waals surface area contributed by atoms with Crippen molar-refractivity contribution in [1.82, 2.24) is 4.98 Å². The van der Waals surface area contributed by atoms with Crippen molar-refractivity contribution in [2.45, 2.75) is 6.42 Å². The first-order valence-corrected chi connectivity index (χ1v) is 5.29. The second-order valence-electron chi connectivity index (χ2n) is 3.59. The fourth-order valence-corrected chi connectivity index (χ4v) is 1.59. The normalized spacial score (nSPS) is 10.0. The van der Waals surface area contributed by atoms with Crippen LogP contribution in [0.2, 0.25) is 0 Å². The lowest BCUT2D eigenvalue weighted by Crippen LogP contribution is -2.09. The molecule has 0 radical (unpaired) electrons. The maximum absolute atomic E-state index is 13.1. The number of anilines is 1. The topological polar surface area (TPSA) is 50.9 Å². The number of aromatic nitrogens is 1. The van der Waals surface area contributed by atoms with Crippen molar-refractivity contribution in [3.8, 4) is 0 Å². The highest BCUT2D eigenvalue weighted by atomic mass is 35.5. The molecule has 0 unspecified atom stereocenters. The number of hydrogen-bond donors (Lipinski definition) is 2. The molecule has 0 amide bonds. The van der Waals surface area contributed by atoms with E-state index in [0.717, 1.165) is 23.7 Å². The molecular formula is C12H15ClFN3. The lowest BCUT2D eigenvalue weighted by Gasteiger charge is -2.07. The molecule has 0 saturated carbocycles. The molecule has 2 rings (SSSR count). The summed E-state index contributed by atoms with van der Waals surface area (Å²) < 4.78 is 13.1. The summed E-state index contributed by atoms with van der Waals surface area (Å²) in [7, 11) is 0. The van der Waals surface area contributed by atoms with Crippen molar-refractivity contribution in [2.75, 3.05) is 18.4 Å². The molecule has 92 valence electrons. The highest BCUT2D eigenvalue weighted by Crippen LogP contribution is 2.21. The highest BCUT2D eigenvalue weighted by molar-refractivity contribution is 5.91. The predicted molar refractivity (Wildman–Crippen MR) is 71.1 cm³/mol. The predicted octanol–water partition coefficient (Wildman–Crippen LogP) is 2.56. The van der Waals surface area contributed by atoms with Crippen LogP contribution < -0.4 is 11.1 Å². The van der Waals surface area contributed by atoms with Crippen LogP contribution in [0, 0.1) is 5.82 Å². The molecule has 0 aliphatic heterocycles. The fourth-order valence-electron chi connectivity index (χ4n) is 1.59. The Balaban J connectivity index is 0.00000144. The minimum Gasteiger partial charge on any atom is -0.370 e. The number of halogens is 2. The van der Waals surface area contributed by atoms with Crippen molar-refractivity contribution in [2.24, 2.45) is 5.73 Å². The van der Waals surface area contributed by atoms with Gasteiger partial charge >= 0.3 is 0 Å². The number of hydrogen-bond acceptors (Lipinski definition) is 3. The summed E-state index contributed by atoms with van der Waals surface area (Å²) >= 11 is 0. The maximum Gasteiger partial charge on any atom is 0.133 e. The minimum atomic E-state index is -0.248. The number of nitrogens with zero attached hydrogens (tertiary/aromatic N) is 1. The van der Waals surface area contributed by atoms with E-state index in [2.05, 4.69) is 10.3 Å². The summed E-state index contributed by atoms with van der Waals surface area (Å²) in [5.74, 6) is 0.466. The van der Waals surface area contributed by atoms with Crippen molar-refractivity contribution in [1.29, 1.82) is 0 Å². The van der Waals surface area contributed by atoms with Gasteiger partial charge in [-0.3, -0.25) is 0 Å². The Labute approximate surface area is 106 Å². The summed E-state index contributed by atoms with van der Waals surface area (Å²) in [6, 6.07) is 6.56. The van der Waals surface area contributed by atoms with E-state index in [-0.39, 0.29) is 18.2 Å².